The summed E-state index contributed by atoms with van der Waals surface area (Å²) in [6.45, 7) is 1.23. The average Bonchev–Trinajstić information content (AvgIpc) is 3.05. The second kappa shape index (κ2) is 8.53. The van der Waals surface area contributed by atoms with Crippen LogP contribution < -0.4 is 15.0 Å². The first-order chi connectivity index (χ1) is 14.1. The molecule has 2 heterocycles. The number of likely N-dealkylation sites (N-methyl/N-ethyl adjacent to an activating group) is 1. The van der Waals surface area contributed by atoms with Crippen molar-refractivity contribution in [3.05, 3.63) is 66.2 Å². The highest BCUT2D eigenvalue weighted by Crippen LogP contribution is 2.24. The van der Waals surface area contributed by atoms with Crippen LogP contribution in [0.2, 0.25) is 0 Å². The summed E-state index contributed by atoms with van der Waals surface area (Å²) in [4.78, 5) is 29.7. The van der Waals surface area contributed by atoms with E-state index in [-0.39, 0.29) is 16.4 Å². The van der Waals surface area contributed by atoms with Crippen molar-refractivity contribution in [1.29, 1.82) is 0 Å². The molecule has 2 amide bonds. The van der Waals surface area contributed by atoms with Crippen molar-refractivity contribution in [2.75, 3.05) is 25.1 Å². The van der Waals surface area contributed by atoms with Gasteiger partial charge in [-0.1, -0.05) is 42.1 Å². The number of carbonyl (C=O) groups is 2. The molecule has 0 spiro atoms. The van der Waals surface area contributed by atoms with Gasteiger partial charge in [0.2, 0.25) is 5.91 Å². The number of imide groups is 1. The van der Waals surface area contributed by atoms with E-state index in [0.717, 1.165) is 39.8 Å². The summed E-state index contributed by atoms with van der Waals surface area (Å²) in [5, 5.41) is 2.81. The summed E-state index contributed by atoms with van der Waals surface area (Å²) >= 11 is 1.05. The molecule has 0 aliphatic carbocycles. The highest BCUT2D eigenvalue weighted by Gasteiger charge is 2.31. The maximum absolute atomic E-state index is 11.7. The number of fused-ring (bicyclic) bond motifs is 1. The molecule has 1 atom stereocenters. The van der Waals surface area contributed by atoms with Gasteiger partial charge in [-0.3, -0.25) is 14.9 Å². The van der Waals surface area contributed by atoms with Crippen LogP contribution in [-0.4, -0.2) is 41.6 Å². The van der Waals surface area contributed by atoms with Gasteiger partial charge in [-0.15, -0.1) is 0 Å². The predicted octanol–water partition coefficient (Wildman–Crippen LogP) is 3.64. The zero-order valence-electron chi connectivity index (χ0n) is 16.0. The second-order valence-electron chi connectivity index (χ2n) is 6.86. The Labute approximate surface area is 173 Å². The molecule has 29 heavy (non-hydrogen) atoms. The normalized spacial score (nSPS) is 16.1. The standard InChI is InChI=1S/C22H21N3O3S/c1-25(20-11-8-16-4-2-3-5-18(16)23-20)12-13-28-17-9-6-15(7-10-17)14-19-21(26)24-22(27)29-19/h2-11,19H,12-14H2,1H3,(H,24,26,27). The predicted molar refractivity (Wildman–Crippen MR) is 116 cm³/mol. The molecule has 7 heteroatoms. The third kappa shape index (κ3) is 4.68. The number of hydrogen-bond acceptors (Lipinski definition) is 6. The molecule has 2 aromatic carbocycles. The number of nitrogens with one attached hydrogen (secondary N) is 1. The minimum absolute atomic E-state index is 0.217. The lowest BCUT2D eigenvalue weighted by Crippen LogP contribution is -2.25. The monoisotopic (exact) mass is 407 g/mol. The van der Waals surface area contributed by atoms with Gasteiger partial charge in [0.25, 0.3) is 5.24 Å². The summed E-state index contributed by atoms with van der Waals surface area (Å²) in [5.74, 6) is 1.46. The van der Waals surface area contributed by atoms with Gasteiger partial charge in [0, 0.05) is 12.4 Å². The number of amides is 2. The Kier molecular flexibility index (Phi) is 5.67. The van der Waals surface area contributed by atoms with E-state index in [2.05, 4.69) is 27.3 Å². The van der Waals surface area contributed by atoms with Gasteiger partial charge in [0.1, 0.15) is 18.2 Å². The Bertz CT molecular complexity index is 1040. The molecule has 1 saturated heterocycles. The molecular weight excluding hydrogens is 386 g/mol. The first kappa shape index (κ1) is 19.3. The molecule has 0 saturated carbocycles. The first-order valence-corrected chi connectivity index (χ1v) is 10.3. The number of benzene rings is 2. The number of thioether (sulfide) groups is 1. The van der Waals surface area contributed by atoms with Crippen LogP contribution >= 0.6 is 11.8 Å². The van der Waals surface area contributed by atoms with Crippen molar-refractivity contribution in [2.45, 2.75) is 11.7 Å². The molecule has 0 radical (unpaired) electrons. The van der Waals surface area contributed by atoms with Crippen molar-refractivity contribution in [1.82, 2.24) is 10.3 Å². The van der Waals surface area contributed by atoms with Crippen molar-refractivity contribution < 1.29 is 14.3 Å². The van der Waals surface area contributed by atoms with Crippen molar-refractivity contribution >= 4 is 39.6 Å². The van der Waals surface area contributed by atoms with E-state index in [9.17, 15) is 9.59 Å². The van der Waals surface area contributed by atoms with Gasteiger partial charge in [-0.2, -0.15) is 0 Å². The molecule has 0 bridgehead atoms. The van der Waals surface area contributed by atoms with E-state index >= 15 is 0 Å². The minimum atomic E-state index is -0.350. The second-order valence-corrected chi connectivity index (χ2v) is 8.04. The molecule has 3 aromatic rings. The largest absolute Gasteiger partial charge is 0.492 e. The topological polar surface area (TPSA) is 71.5 Å². The Balaban J connectivity index is 1.28. The van der Waals surface area contributed by atoms with Crippen LogP contribution in [0.15, 0.2) is 60.7 Å². The molecule has 148 valence electrons. The van der Waals surface area contributed by atoms with E-state index in [4.69, 9.17) is 4.74 Å². The maximum atomic E-state index is 11.7. The van der Waals surface area contributed by atoms with Gasteiger partial charge < -0.3 is 9.64 Å². The molecule has 4 rings (SSSR count). The van der Waals surface area contributed by atoms with E-state index in [1.165, 1.54) is 0 Å². The number of hydrogen-bond donors (Lipinski definition) is 1. The number of rotatable bonds is 7. The Morgan fingerprint density at radius 3 is 2.62 bits per heavy atom. The molecular formula is C22H21N3O3S. The number of ether oxygens (including phenoxy) is 1. The summed E-state index contributed by atoms with van der Waals surface area (Å²) < 4.78 is 5.84. The number of aromatic nitrogens is 1. The van der Waals surface area contributed by atoms with Crippen molar-refractivity contribution in [3.8, 4) is 5.75 Å². The number of para-hydroxylation sites is 1. The number of carbonyl (C=O) groups excluding carboxylic acids is 2. The zero-order chi connectivity index (χ0) is 20.2. The van der Waals surface area contributed by atoms with Crippen LogP contribution in [0.5, 0.6) is 5.75 Å². The quantitative estimate of drug-likeness (QED) is 0.645. The molecule has 1 aromatic heterocycles. The van der Waals surface area contributed by atoms with Gasteiger partial charge in [-0.05, 0) is 42.3 Å². The molecule has 6 nitrogen and oxygen atoms in total. The van der Waals surface area contributed by atoms with E-state index in [1.54, 1.807) is 0 Å². The van der Waals surface area contributed by atoms with Gasteiger partial charge in [0.15, 0.2) is 0 Å². The highest BCUT2D eigenvalue weighted by molar-refractivity contribution is 8.15. The van der Waals surface area contributed by atoms with Gasteiger partial charge >= 0.3 is 0 Å². The summed E-state index contributed by atoms with van der Waals surface area (Å²) in [7, 11) is 2.00. The average molecular weight is 407 g/mol. The van der Waals surface area contributed by atoms with Crippen LogP contribution in [0, 0.1) is 0 Å². The third-order valence-electron chi connectivity index (χ3n) is 4.78. The molecule has 1 aliphatic heterocycles. The Morgan fingerprint density at radius 1 is 1.07 bits per heavy atom. The minimum Gasteiger partial charge on any atom is -0.492 e. The Morgan fingerprint density at radius 2 is 1.86 bits per heavy atom. The van der Waals surface area contributed by atoms with Crippen LogP contribution in [0.1, 0.15) is 5.56 Å². The highest BCUT2D eigenvalue weighted by atomic mass is 32.2. The lowest BCUT2D eigenvalue weighted by Gasteiger charge is -2.19. The van der Waals surface area contributed by atoms with Crippen LogP contribution in [0.4, 0.5) is 10.6 Å². The number of pyridine rings is 1. The third-order valence-corrected chi connectivity index (χ3v) is 5.76. The summed E-state index contributed by atoms with van der Waals surface area (Å²) in [5.41, 5.74) is 1.97. The molecule has 1 fully saturated rings. The van der Waals surface area contributed by atoms with Gasteiger partial charge in [-0.25, -0.2) is 4.98 Å². The fourth-order valence-electron chi connectivity index (χ4n) is 3.15. The van der Waals surface area contributed by atoms with Crippen LogP contribution in [0.3, 0.4) is 0 Å². The smallest absolute Gasteiger partial charge is 0.286 e. The van der Waals surface area contributed by atoms with E-state index in [1.807, 2.05) is 55.6 Å². The van der Waals surface area contributed by atoms with E-state index < -0.39 is 0 Å². The summed E-state index contributed by atoms with van der Waals surface area (Å²) in [6.07, 6.45) is 0.527. The molecule has 1 unspecified atom stereocenters. The SMILES string of the molecule is CN(CCOc1ccc(CC2SC(=O)NC2=O)cc1)c1ccc2ccccc2n1. The summed E-state index contributed by atoms with van der Waals surface area (Å²) in [6, 6.07) is 19.8. The fraction of sp³-hybridized carbons (Fsp3) is 0.227. The van der Waals surface area contributed by atoms with Crippen LogP contribution in [0.25, 0.3) is 10.9 Å². The first-order valence-electron chi connectivity index (χ1n) is 9.39. The maximum Gasteiger partial charge on any atom is 0.286 e. The lowest BCUT2D eigenvalue weighted by atomic mass is 10.1. The lowest BCUT2D eigenvalue weighted by molar-refractivity contribution is -0.118. The van der Waals surface area contributed by atoms with Gasteiger partial charge in [0.05, 0.1) is 17.3 Å². The number of anilines is 1. The zero-order valence-corrected chi connectivity index (χ0v) is 16.8. The Hall–Kier alpha value is -3.06. The van der Waals surface area contributed by atoms with Crippen molar-refractivity contribution in [2.24, 2.45) is 0 Å². The van der Waals surface area contributed by atoms with Crippen LogP contribution in [-0.2, 0) is 11.2 Å². The van der Waals surface area contributed by atoms with Crippen molar-refractivity contribution in [3.63, 3.8) is 0 Å². The number of nitrogens with zero attached hydrogens (tertiary/aromatic N) is 2. The van der Waals surface area contributed by atoms with E-state index in [0.29, 0.717) is 19.6 Å². The molecule has 1 aliphatic rings. The fourth-order valence-corrected chi connectivity index (χ4v) is 4.01. The molecule has 1 N–H and O–H groups in total.